The molecule has 0 unspecified atom stereocenters. The minimum atomic E-state index is -0.297. The lowest BCUT2D eigenvalue weighted by molar-refractivity contribution is -0.116. The first-order valence-electron chi connectivity index (χ1n) is 10.3. The second-order valence-electron chi connectivity index (χ2n) is 7.41. The van der Waals surface area contributed by atoms with Crippen LogP contribution in [0.2, 0.25) is 0 Å². The molecule has 3 aromatic rings. The number of ether oxygens (including phenoxy) is 1. The highest BCUT2D eigenvalue weighted by Crippen LogP contribution is 2.37. The summed E-state index contributed by atoms with van der Waals surface area (Å²) in [5.41, 5.74) is 3.57. The van der Waals surface area contributed by atoms with Crippen molar-refractivity contribution in [2.75, 3.05) is 5.32 Å². The van der Waals surface area contributed by atoms with E-state index in [4.69, 9.17) is 4.74 Å². The third-order valence-corrected chi connectivity index (χ3v) is 7.19. The van der Waals surface area contributed by atoms with Gasteiger partial charge in [-0.1, -0.05) is 43.0 Å². The molecular formula is C25H21Br2FN2O2S. The van der Waals surface area contributed by atoms with Crippen molar-refractivity contribution in [1.29, 1.82) is 0 Å². The van der Waals surface area contributed by atoms with E-state index < -0.39 is 0 Å². The number of halogens is 3. The number of rotatable bonds is 7. The topological polar surface area (TPSA) is 50.4 Å². The summed E-state index contributed by atoms with van der Waals surface area (Å²) in [6, 6.07) is 18.3. The molecule has 1 aliphatic rings. The van der Waals surface area contributed by atoms with Gasteiger partial charge in [0.25, 0.3) is 5.91 Å². The van der Waals surface area contributed by atoms with Crippen LogP contribution in [0.5, 0.6) is 5.75 Å². The SMILES string of the molecule is CCc1ccc(N[C@@H]2NC(=O)/C(=C/c3cc(Br)c(OCc4cccc(F)c4)c(Br)c3)S2)cc1. The Labute approximate surface area is 213 Å². The average molecular weight is 592 g/mol. The summed E-state index contributed by atoms with van der Waals surface area (Å²) in [6.07, 6.45) is 2.83. The van der Waals surface area contributed by atoms with E-state index in [1.807, 2.05) is 36.4 Å². The van der Waals surface area contributed by atoms with Crippen molar-refractivity contribution in [2.45, 2.75) is 25.4 Å². The molecule has 0 saturated carbocycles. The van der Waals surface area contributed by atoms with Crippen molar-refractivity contribution in [1.82, 2.24) is 5.32 Å². The molecule has 170 valence electrons. The highest BCUT2D eigenvalue weighted by molar-refractivity contribution is 9.11. The highest BCUT2D eigenvalue weighted by Gasteiger charge is 2.27. The van der Waals surface area contributed by atoms with E-state index in [1.165, 1.54) is 29.5 Å². The third-order valence-electron chi connectivity index (χ3n) is 4.98. The summed E-state index contributed by atoms with van der Waals surface area (Å²) in [6.45, 7) is 2.35. The van der Waals surface area contributed by atoms with Gasteiger partial charge in [0.2, 0.25) is 0 Å². The number of nitrogens with one attached hydrogen (secondary N) is 2. The first-order chi connectivity index (χ1) is 15.9. The lowest BCUT2D eigenvalue weighted by atomic mass is 10.1. The van der Waals surface area contributed by atoms with Crippen LogP contribution in [0.1, 0.15) is 23.6 Å². The van der Waals surface area contributed by atoms with Gasteiger partial charge in [-0.15, -0.1) is 0 Å². The van der Waals surface area contributed by atoms with Gasteiger partial charge in [-0.25, -0.2) is 4.39 Å². The van der Waals surface area contributed by atoms with Gasteiger partial charge in [-0.2, -0.15) is 0 Å². The van der Waals surface area contributed by atoms with Crippen LogP contribution in [-0.2, 0) is 17.8 Å². The molecule has 3 aromatic carbocycles. The largest absolute Gasteiger partial charge is 0.487 e. The summed E-state index contributed by atoms with van der Waals surface area (Å²) in [4.78, 5) is 13.1. The molecule has 1 heterocycles. The average Bonchev–Trinajstić information content (AvgIpc) is 3.12. The molecule has 1 fully saturated rings. The van der Waals surface area contributed by atoms with Gasteiger partial charge in [0.15, 0.2) is 5.50 Å². The van der Waals surface area contributed by atoms with Crippen molar-refractivity contribution in [3.05, 3.63) is 97.0 Å². The molecule has 0 bridgehead atoms. The maximum Gasteiger partial charge on any atom is 0.260 e. The third kappa shape index (κ3) is 6.19. The van der Waals surface area contributed by atoms with Crippen LogP contribution in [-0.4, -0.2) is 11.4 Å². The fourth-order valence-electron chi connectivity index (χ4n) is 3.29. The second-order valence-corrected chi connectivity index (χ2v) is 10.3. The van der Waals surface area contributed by atoms with Gasteiger partial charge in [-0.3, -0.25) is 4.79 Å². The molecule has 33 heavy (non-hydrogen) atoms. The molecule has 4 nitrogen and oxygen atoms in total. The maximum absolute atomic E-state index is 13.4. The van der Waals surface area contributed by atoms with Gasteiger partial charge < -0.3 is 15.4 Å². The zero-order valence-electron chi connectivity index (χ0n) is 17.7. The normalized spacial score (nSPS) is 16.7. The standard InChI is InChI=1S/C25H21Br2FN2O2S/c1-2-15-6-8-19(9-7-15)29-25-30-24(31)22(33-25)13-17-11-20(26)23(21(27)12-17)32-14-16-4-3-5-18(28)10-16/h3-13,25,29H,2,14H2,1H3,(H,30,31)/b22-13-/t25-/m1/s1. The molecular weight excluding hydrogens is 571 g/mol. The number of carbonyl (C=O) groups is 1. The fourth-order valence-corrected chi connectivity index (χ4v) is 5.72. The summed E-state index contributed by atoms with van der Waals surface area (Å²) < 4.78 is 20.7. The van der Waals surface area contributed by atoms with E-state index in [2.05, 4.69) is 61.5 Å². The molecule has 1 saturated heterocycles. The minimum Gasteiger partial charge on any atom is -0.487 e. The Bertz CT molecular complexity index is 1180. The Hall–Kier alpha value is -2.29. The molecule has 2 N–H and O–H groups in total. The molecule has 4 rings (SSSR count). The van der Waals surface area contributed by atoms with E-state index in [0.29, 0.717) is 10.7 Å². The lowest BCUT2D eigenvalue weighted by Crippen LogP contribution is -2.30. The number of hydrogen-bond acceptors (Lipinski definition) is 4. The van der Waals surface area contributed by atoms with Crippen LogP contribution in [0.4, 0.5) is 10.1 Å². The molecule has 0 aromatic heterocycles. The van der Waals surface area contributed by atoms with Gasteiger partial charge in [0.1, 0.15) is 18.2 Å². The quantitative estimate of drug-likeness (QED) is 0.288. The second kappa shape index (κ2) is 10.8. The van der Waals surface area contributed by atoms with E-state index in [0.717, 1.165) is 32.2 Å². The van der Waals surface area contributed by atoms with Gasteiger partial charge in [0.05, 0.1) is 13.9 Å². The molecule has 0 aliphatic carbocycles. The first kappa shape index (κ1) is 23.9. The summed E-state index contributed by atoms with van der Waals surface area (Å²) in [7, 11) is 0. The summed E-state index contributed by atoms with van der Waals surface area (Å²) in [5, 5.41) is 6.28. The van der Waals surface area contributed by atoms with Crippen LogP contribution in [0.25, 0.3) is 6.08 Å². The van der Waals surface area contributed by atoms with Gasteiger partial charge in [-0.05, 0) is 97.4 Å². The molecule has 1 atom stereocenters. The molecule has 1 aliphatic heterocycles. The lowest BCUT2D eigenvalue weighted by Gasteiger charge is -2.13. The smallest absolute Gasteiger partial charge is 0.260 e. The van der Waals surface area contributed by atoms with Crippen molar-refractivity contribution in [3.63, 3.8) is 0 Å². The Morgan fingerprint density at radius 1 is 1.09 bits per heavy atom. The van der Waals surface area contributed by atoms with Crippen molar-refractivity contribution in [3.8, 4) is 5.75 Å². The van der Waals surface area contributed by atoms with Crippen molar-refractivity contribution in [2.24, 2.45) is 0 Å². The maximum atomic E-state index is 13.4. The molecule has 1 amide bonds. The van der Waals surface area contributed by atoms with Crippen molar-refractivity contribution >= 4 is 61.3 Å². The number of amides is 1. The fraction of sp³-hybridized carbons (Fsp3) is 0.160. The number of anilines is 1. The summed E-state index contributed by atoms with van der Waals surface area (Å²) >= 11 is 8.52. The summed E-state index contributed by atoms with van der Waals surface area (Å²) in [5.74, 6) is 0.190. The van der Waals surface area contributed by atoms with Crippen LogP contribution >= 0.6 is 43.6 Å². The highest BCUT2D eigenvalue weighted by atomic mass is 79.9. The van der Waals surface area contributed by atoms with E-state index in [9.17, 15) is 9.18 Å². The number of thioether (sulfide) groups is 1. The Morgan fingerprint density at radius 3 is 2.48 bits per heavy atom. The number of carbonyl (C=O) groups excluding carboxylic acids is 1. The predicted octanol–water partition coefficient (Wildman–Crippen LogP) is 7.09. The van der Waals surface area contributed by atoms with E-state index in [-0.39, 0.29) is 23.8 Å². The minimum absolute atomic E-state index is 0.124. The zero-order valence-corrected chi connectivity index (χ0v) is 21.7. The zero-order chi connectivity index (χ0) is 23.4. The molecule has 8 heteroatoms. The monoisotopic (exact) mass is 590 g/mol. The Morgan fingerprint density at radius 2 is 1.82 bits per heavy atom. The van der Waals surface area contributed by atoms with Gasteiger partial charge in [0, 0.05) is 5.69 Å². The molecule has 0 spiro atoms. The Balaban J connectivity index is 1.44. The van der Waals surface area contributed by atoms with Crippen LogP contribution < -0.4 is 15.4 Å². The first-order valence-corrected chi connectivity index (χ1v) is 12.8. The Kier molecular flexibility index (Phi) is 7.78. The van der Waals surface area contributed by atoms with Crippen LogP contribution in [0.3, 0.4) is 0 Å². The molecule has 0 radical (unpaired) electrons. The number of hydrogen-bond donors (Lipinski definition) is 2. The van der Waals surface area contributed by atoms with Crippen molar-refractivity contribution < 1.29 is 13.9 Å². The number of aryl methyl sites for hydroxylation is 1. The number of benzene rings is 3. The van der Waals surface area contributed by atoms with E-state index in [1.54, 1.807) is 6.07 Å². The van der Waals surface area contributed by atoms with Crippen LogP contribution in [0, 0.1) is 5.82 Å². The predicted molar refractivity (Wildman–Crippen MR) is 140 cm³/mol. The van der Waals surface area contributed by atoms with E-state index >= 15 is 0 Å². The van der Waals surface area contributed by atoms with Crippen LogP contribution in [0.15, 0.2) is 74.5 Å². The van der Waals surface area contributed by atoms with Gasteiger partial charge >= 0.3 is 0 Å².